The van der Waals surface area contributed by atoms with Gasteiger partial charge >= 0.3 is 5.97 Å². The summed E-state index contributed by atoms with van der Waals surface area (Å²) in [6, 6.07) is 0. The van der Waals surface area contributed by atoms with Gasteiger partial charge in [0.1, 0.15) is 5.92 Å². The average Bonchev–Trinajstić information content (AvgIpc) is 2.46. The molecule has 1 aliphatic heterocycles. The Morgan fingerprint density at radius 3 is 2.62 bits per heavy atom. The number of esters is 1. The first-order valence-corrected chi connectivity index (χ1v) is 5.47. The van der Waals surface area contributed by atoms with Crippen LogP contribution in [0.2, 0.25) is 0 Å². The zero-order chi connectivity index (χ0) is 12.3. The van der Waals surface area contributed by atoms with Gasteiger partial charge in [0.25, 0.3) is 5.91 Å². The van der Waals surface area contributed by atoms with Gasteiger partial charge in [-0.3, -0.25) is 14.4 Å². The van der Waals surface area contributed by atoms with Gasteiger partial charge in [-0.2, -0.15) is 0 Å². The molecule has 0 aromatic rings. The highest BCUT2D eigenvalue weighted by molar-refractivity contribution is 6.42. The van der Waals surface area contributed by atoms with Crippen LogP contribution in [-0.2, 0) is 19.1 Å². The molecule has 0 N–H and O–H groups in total. The Bertz CT molecular complexity index is 311. The minimum atomic E-state index is -0.925. The highest BCUT2D eigenvalue weighted by Gasteiger charge is 2.43. The van der Waals surface area contributed by atoms with Gasteiger partial charge in [-0.15, -0.1) is 0 Å². The molecule has 90 valence electrons. The van der Waals surface area contributed by atoms with Gasteiger partial charge in [-0.05, 0) is 12.8 Å². The van der Waals surface area contributed by atoms with Crippen molar-refractivity contribution in [1.29, 1.82) is 0 Å². The molecule has 0 radical (unpaired) electrons. The summed E-state index contributed by atoms with van der Waals surface area (Å²) in [7, 11) is 0. The number of likely N-dealkylation sites (tertiary alicyclic amines) is 1. The molecule has 1 rings (SSSR count). The lowest BCUT2D eigenvalue weighted by Crippen LogP contribution is -2.30. The van der Waals surface area contributed by atoms with Gasteiger partial charge in [0.2, 0.25) is 5.78 Å². The molecule has 0 spiro atoms. The van der Waals surface area contributed by atoms with Crippen LogP contribution in [-0.4, -0.2) is 42.3 Å². The van der Waals surface area contributed by atoms with Crippen molar-refractivity contribution in [2.24, 2.45) is 11.8 Å². The highest BCUT2D eigenvalue weighted by atomic mass is 16.5. The van der Waals surface area contributed by atoms with E-state index >= 15 is 0 Å². The van der Waals surface area contributed by atoms with Crippen molar-refractivity contribution in [2.45, 2.75) is 20.8 Å². The first-order valence-electron chi connectivity index (χ1n) is 5.47. The number of ether oxygens (including phenoxy) is 1. The van der Waals surface area contributed by atoms with E-state index in [1.807, 2.05) is 13.8 Å². The van der Waals surface area contributed by atoms with Crippen molar-refractivity contribution in [2.75, 3.05) is 19.7 Å². The largest absolute Gasteiger partial charge is 0.465 e. The SMILES string of the molecule is CCOC(=O)[C@H]1CN(CC(C)C)C(=O)C1=O. The van der Waals surface area contributed by atoms with Gasteiger partial charge in [0.15, 0.2) is 0 Å². The Morgan fingerprint density at radius 2 is 2.12 bits per heavy atom. The van der Waals surface area contributed by atoms with Crippen molar-refractivity contribution < 1.29 is 19.1 Å². The maximum Gasteiger partial charge on any atom is 0.318 e. The van der Waals surface area contributed by atoms with Crippen molar-refractivity contribution in [3.8, 4) is 0 Å². The second kappa shape index (κ2) is 5.09. The first kappa shape index (κ1) is 12.7. The number of Topliss-reactive ketones (excluding diaryl/α,β-unsaturated/α-hetero) is 1. The molecule has 1 fully saturated rings. The second-order valence-corrected chi connectivity index (χ2v) is 4.27. The summed E-state index contributed by atoms with van der Waals surface area (Å²) in [5, 5.41) is 0. The number of carbonyl (C=O) groups excluding carboxylic acids is 3. The summed E-state index contributed by atoms with van der Waals surface area (Å²) in [6.45, 7) is 6.46. The third kappa shape index (κ3) is 2.59. The number of rotatable bonds is 4. The Morgan fingerprint density at radius 1 is 1.50 bits per heavy atom. The number of ketones is 1. The smallest absolute Gasteiger partial charge is 0.318 e. The molecular weight excluding hydrogens is 210 g/mol. The second-order valence-electron chi connectivity index (χ2n) is 4.27. The predicted octanol–water partition coefficient (Wildman–Crippen LogP) is 0.233. The Labute approximate surface area is 94.7 Å². The maximum atomic E-state index is 11.5. The minimum Gasteiger partial charge on any atom is -0.465 e. The van der Waals surface area contributed by atoms with Crippen LogP contribution in [0.25, 0.3) is 0 Å². The zero-order valence-corrected chi connectivity index (χ0v) is 9.86. The zero-order valence-electron chi connectivity index (χ0n) is 9.86. The average molecular weight is 227 g/mol. The standard InChI is InChI=1S/C11H17NO4/c1-4-16-11(15)8-6-12(5-7(2)3)10(14)9(8)13/h7-8H,4-6H2,1-3H3/t8-/m0/s1. The van der Waals surface area contributed by atoms with Crippen LogP contribution in [0.4, 0.5) is 0 Å². The fourth-order valence-electron chi connectivity index (χ4n) is 1.71. The summed E-state index contributed by atoms with van der Waals surface area (Å²) in [6.07, 6.45) is 0. The number of nitrogens with zero attached hydrogens (tertiary/aromatic N) is 1. The predicted molar refractivity (Wildman–Crippen MR) is 56.5 cm³/mol. The summed E-state index contributed by atoms with van der Waals surface area (Å²) in [4.78, 5) is 35.9. The summed E-state index contributed by atoms with van der Waals surface area (Å²) in [5.74, 6) is -2.44. The number of hydrogen-bond donors (Lipinski definition) is 0. The van der Waals surface area contributed by atoms with Crippen molar-refractivity contribution in [3.63, 3.8) is 0 Å². The fourth-order valence-corrected chi connectivity index (χ4v) is 1.71. The Balaban J connectivity index is 2.68. The molecule has 0 aromatic heterocycles. The maximum absolute atomic E-state index is 11.5. The van der Waals surface area contributed by atoms with Crippen LogP contribution in [0.3, 0.4) is 0 Å². The van der Waals surface area contributed by atoms with Crippen LogP contribution in [0, 0.1) is 11.8 Å². The summed E-state index contributed by atoms with van der Waals surface area (Å²) < 4.78 is 4.76. The molecular formula is C11H17NO4. The molecule has 0 aromatic carbocycles. The highest BCUT2D eigenvalue weighted by Crippen LogP contribution is 2.17. The number of carbonyl (C=O) groups is 3. The van der Waals surface area contributed by atoms with Crippen molar-refractivity contribution >= 4 is 17.7 Å². The lowest BCUT2D eigenvalue weighted by molar-refractivity contribution is -0.151. The monoisotopic (exact) mass is 227 g/mol. The quantitative estimate of drug-likeness (QED) is 0.392. The molecule has 1 aliphatic rings. The van der Waals surface area contributed by atoms with Gasteiger partial charge < -0.3 is 9.64 Å². The van der Waals surface area contributed by atoms with E-state index in [4.69, 9.17) is 4.74 Å². The molecule has 0 unspecified atom stereocenters. The summed E-state index contributed by atoms with van der Waals surface area (Å²) in [5.41, 5.74) is 0. The molecule has 0 bridgehead atoms. The van der Waals surface area contributed by atoms with Crippen molar-refractivity contribution in [3.05, 3.63) is 0 Å². The number of amides is 1. The molecule has 1 saturated heterocycles. The molecule has 1 atom stereocenters. The molecule has 0 aliphatic carbocycles. The Kier molecular flexibility index (Phi) is 4.04. The van der Waals surface area contributed by atoms with E-state index in [0.717, 1.165) is 0 Å². The van der Waals surface area contributed by atoms with E-state index in [0.29, 0.717) is 6.54 Å². The lowest BCUT2D eigenvalue weighted by Gasteiger charge is -2.17. The van der Waals surface area contributed by atoms with Crippen LogP contribution >= 0.6 is 0 Å². The van der Waals surface area contributed by atoms with E-state index in [1.54, 1.807) is 6.92 Å². The van der Waals surface area contributed by atoms with E-state index in [9.17, 15) is 14.4 Å². The Hall–Kier alpha value is -1.39. The number of hydrogen-bond acceptors (Lipinski definition) is 4. The van der Waals surface area contributed by atoms with Gasteiger partial charge in [-0.25, -0.2) is 0 Å². The third-order valence-corrected chi connectivity index (χ3v) is 2.37. The van der Waals surface area contributed by atoms with E-state index in [-0.39, 0.29) is 19.1 Å². The van der Waals surface area contributed by atoms with Gasteiger partial charge in [0.05, 0.1) is 6.61 Å². The topological polar surface area (TPSA) is 63.7 Å². The van der Waals surface area contributed by atoms with Crippen LogP contribution < -0.4 is 0 Å². The minimum absolute atomic E-state index is 0.161. The summed E-state index contributed by atoms with van der Waals surface area (Å²) >= 11 is 0. The van der Waals surface area contributed by atoms with Gasteiger partial charge in [-0.1, -0.05) is 13.8 Å². The van der Waals surface area contributed by atoms with Crippen LogP contribution in [0.5, 0.6) is 0 Å². The molecule has 1 amide bonds. The van der Waals surface area contributed by atoms with Gasteiger partial charge in [0, 0.05) is 13.1 Å². The lowest BCUT2D eigenvalue weighted by atomic mass is 10.1. The molecule has 5 nitrogen and oxygen atoms in total. The molecule has 5 heteroatoms. The third-order valence-electron chi connectivity index (χ3n) is 2.37. The van der Waals surface area contributed by atoms with E-state index in [1.165, 1.54) is 4.90 Å². The van der Waals surface area contributed by atoms with Crippen LogP contribution in [0.15, 0.2) is 0 Å². The van der Waals surface area contributed by atoms with E-state index in [2.05, 4.69) is 0 Å². The van der Waals surface area contributed by atoms with Crippen molar-refractivity contribution in [1.82, 2.24) is 4.90 Å². The molecule has 1 heterocycles. The molecule has 0 saturated carbocycles. The first-order chi connectivity index (χ1) is 7.47. The fraction of sp³-hybridized carbons (Fsp3) is 0.727. The normalized spacial score (nSPS) is 20.8. The molecule has 16 heavy (non-hydrogen) atoms. The van der Waals surface area contributed by atoms with Crippen LogP contribution in [0.1, 0.15) is 20.8 Å². The van der Waals surface area contributed by atoms with E-state index < -0.39 is 23.6 Å².